The predicted molar refractivity (Wildman–Crippen MR) is 145 cm³/mol. The lowest BCUT2D eigenvalue weighted by molar-refractivity contribution is -0.119. The van der Waals surface area contributed by atoms with Gasteiger partial charge in [0.1, 0.15) is 18.0 Å². The normalized spacial score (nSPS) is 20.3. The Morgan fingerprint density at radius 2 is 1.70 bits per heavy atom. The van der Waals surface area contributed by atoms with Gasteiger partial charge in [-0.2, -0.15) is 0 Å². The van der Waals surface area contributed by atoms with Gasteiger partial charge in [0.2, 0.25) is 0 Å². The maximum atomic E-state index is 12.1. The van der Waals surface area contributed by atoms with Gasteiger partial charge in [0.15, 0.2) is 0 Å². The highest BCUT2D eigenvalue weighted by Gasteiger charge is 2.25. The van der Waals surface area contributed by atoms with E-state index in [4.69, 9.17) is 0 Å². The van der Waals surface area contributed by atoms with Crippen LogP contribution in [-0.2, 0) is 4.79 Å². The molecule has 1 rings (SSSR count). The van der Waals surface area contributed by atoms with Crippen molar-refractivity contribution in [2.45, 2.75) is 99.3 Å². The zero-order valence-corrected chi connectivity index (χ0v) is 22.4. The van der Waals surface area contributed by atoms with Crippen molar-refractivity contribution in [3.63, 3.8) is 0 Å². The summed E-state index contributed by atoms with van der Waals surface area (Å²) in [5.74, 6) is 3.83. The first kappa shape index (κ1) is 29.1. The molecule has 0 aromatic rings. The van der Waals surface area contributed by atoms with Crippen LogP contribution in [0.25, 0.3) is 0 Å². The van der Waals surface area contributed by atoms with Gasteiger partial charge in [0.05, 0.1) is 0 Å². The molecular weight excluding hydrogens is 406 g/mol. The van der Waals surface area contributed by atoms with Gasteiger partial charge in [0, 0.05) is 25.6 Å². The summed E-state index contributed by atoms with van der Waals surface area (Å²) in [7, 11) is 1.73. The van der Waals surface area contributed by atoms with Gasteiger partial charge in [-0.15, -0.1) is 0 Å². The van der Waals surface area contributed by atoms with Crippen LogP contribution < -0.4 is 5.32 Å². The molecule has 1 aliphatic rings. The van der Waals surface area contributed by atoms with E-state index >= 15 is 0 Å². The van der Waals surface area contributed by atoms with Crippen LogP contribution in [0.4, 0.5) is 0 Å². The topological polar surface area (TPSA) is 53.8 Å². The van der Waals surface area contributed by atoms with Crippen LogP contribution in [0.1, 0.15) is 99.3 Å². The summed E-state index contributed by atoms with van der Waals surface area (Å²) in [6.07, 6.45) is 15.3. The Kier molecular flexibility index (Phi) is 13.9. The summed E-state index contributed by atoms with van der Waals surface area (Å²) in [4.78, 5) is 20.6. The van der Waals surface area contributed by atoms with Crippen LogP contribution in [0.5, 0.6) is 0 Å². The smallest absolute Gasteiger partial charge is 0.134 e. The lowest BCUT2D eigenvalue weighted by Gasteiger charge is -2.14. The second-order valence-electron chi connectivity index (χ2n) is 10.7. The van der Waals surface area contributed by atoms with Crippen LogP contribution >= 0.6 is 0 Å². The minimum absolute atomic E-state index is 0.447. The molecule has 2 unspecified atom stereocenters. The van der Waals surface area contributed by atoms with Gasteiger partial charge in [-0.1, -0.05) is 52.0 Å². The highest BCUT2D eigenvalue weighted by atomic mass is 16.1. The van der Waals surface area contributed by atoms with E-state index in [1.807, 2.05) is 0 Å². The van der Waals surface area contributed by atoms with Gasteiger partial charge in [-0.05, 0) is 88.0 Å². The number of rotatable bonds is 14. The van der Waals surface area contributed by atoms with Crippen molar-refractivity contribution in [3.8, 4) is 0 Å². The zero-order chi connectivity index (χ0) is 24.8. The number of carbonyl (C=O) groups is 1. The zero-order valence-electron chi connectivity index (χ0n) is 22.4. The van der Waals surface area contributed by atoms with E-state index in [0.717, 1.165) is 55.6 Å². The molecule has 0 aliphatic heterocycles. The lowest BCUT2D eigenvalue weighted by Crippen LogP contribution is -2.24. The Hall–Kier alpha value is -1.97. The van der Waals surface area contributed by atoms with Crippen molar-refractivity contribution in [2.75, 3.05) is 7.05 Å². The molecule has 0 heterocycles. The average molecular weight is 456 g/mol. The van der Waals surface area contributed by atoms with Crippen LogP contribution in [0, 0.1) is 23.7 Å². The van der Waals surface area contributed by atoms with Gasteiger partial charge in [-0.25, -0.2) is 4.99 Å². The summed E-state index contributed by atoms with van der Waals surface area (Å²) < 4.78 is 0. The number of amidine groups is 1. The molecule has 1 saturated carbocycles. The van der Waals surface area contributed by atoms with Gasteiger partial charge >= 0.3 is 0 Å². The van der Waals surface area contributed by atoms with Crippen molar-refractivity contribution in [1.29, 1.82) is 0 Å². The highest BCUT2D eigenvalue weighted by molar-refractivity contribution is 6.02. The Morgan fingerprint density at radius 3 is 2.33 bits per heavy atom. The molecule has 2 atom stereocenters. The summed E-state index contributed by atoms with van der Waals surface area (Å²) in [6, 6.07) is 0. The molecule has 0 radical (unpaired) electrons. The molecule has 1 aliphatic carbocycles. The average Bonchev–Trinajstić information content (AvgIpc) is 3.24. The quantitative estimate of drug-likeness (QED) is 0.166. The van der Waals surface area contributed by atoms with E-state index in [-0.39, 0.29) is 0 Å². The highest BCUT2D eigenvalue weighted by Crippen LogP contribution is 2.38. The van der Waals surface area contributed by atoms with E-state index in [2.05, 4.69) is 75.6 Å². The predicted octanol–water partition coefficient (Wildman–Crippen LogP) is 7.68. The second kappa shape index (κ2) is 15.8. The maximum absolute atomic E-state index is 12.1. The number of aliphatic imine (C=N–C) groups is 2. The number of carbonyl (C=O) groups excluding carboxylic acids is 1. The molecule has 1 N–H and O–H groups in total. The third-order valence-corrected chi connectivity index (χ3v) is 6.61. The van der Waals surface area contributed by atoms with E-state index in [0.29, 0.717) is 29.5 Å². The van der Waals surface area contributed by atoms with E-state index in [1.165, 1.54) is 24.8 Å². The van der Waals surface area contributed by atoms with E-state index < -0.39 is 0 Å². The van der Waals surface area contributed by atoms with Crippen molar-refractivity contribution >= 4 is 18.0 Å². The molecule has 0 amide bonds. The molecule has 186 valence electrons. The molecule has 33 heavy (non-hydrogen) atoms. The fourth-order valence-corrected chi connectivity index (χ4v) is 4.20. The van der Waals surface area contributed by atoms with Crippen molar-refractivity contribution < 1.29 is 4.79 Å². The fraction of sp³-hybridized carbons (Fsp3) is 0.690. The first-order chi connectivity index (χ1) is 15.6. The SMILES string of the molecule is C=C(CCC(C)C)NC(=N/C=N\C)/C(C)=C/C=C(\C)C1CCC(CCC(=O)CCC(C)C)C1. The number of hydrogen-bond acceptors (Lipinski definition) is 2. The minimum atomic E-state index is 0.447. The third-order valence-electron chi connectivity index (χ3n) is 6.61. The summed E-state index contributed by atoms with van der Waals surface area (Å²) in [6.45, 7) is 17.3. The molecule has 0 aromatic heterocycles. The first-order valence-electron chi connectivity index (χ1n) is 12.9. The third kappa shape index (κ3) is 12.7. The van der Waals surface area contributed by atoms with Crippen molar-refractivity contribution in [3.05, 3.63) is 35.6 Å². The molecule has 0 aromatic carbocycles. The minimum Gasteiger partial charge on any atom is -0.344 e. The van der Waals surface area contributed by atoms with Gasteiger partial charge < -0.3 is 5.32 Å². The van der Waals surface area contributed by atoms with E-state index in [9.17, 15) is 4.79 Å². The molecular formula is C29H49N3O. The Morgan fingerprint density at radius 1 is 1.03 bits per heavy atom. The van der Waals surface area contributed by atoms with Crippen LogP contribution in [0.3, 0.4) is 0 Å². The molecule has 4 heteroatoms. The molecule has 4 nitrogen and oxygen atoms in total. The van der Waals surface area contributed by atoms with Gasteiger partial charge in [-0.3, -0.25) is 9.79 Å². The van der Waals surface area contributed by atoms with E-state index in [1.54, 1.807) is 13.4 Å². The number of ketones is 1. The van der Waals surface area contributed by atoms with Crippen LogP contribution in [0.15, 0.2) is 45.6 Å². The Balaban J connectivity index is 2.64. The molecule has 0 bridgehead atoms. The summed E-state index contributed by atoms with van der Waals surface area (Å²) >= 11 is 0. The number of nitrogens with one attached hydrogen (secondary N) is 1. The number of Topliss-reactive ketones (excluding diaryl/α,β-unsaturated/α-hetero) is 1. The largest absolute Gasteiger partial charge is 0.344 e. The number of nitrogens with zero attached hydrogens (tertiary/aromatic N) is 2. The maximum Gasteiger partial charge on any atom is 0.134 e. The molecule has 1 fully saturated rings. The number of hydrogen-bond donors (Lipinski definition) is 1. The molecule has 0 saturated heterocycles. The van der Waals surface area contributed by atoms with Crippen molar-refractivity contribution in [1.82, 2.24) is 5.32 Å². The van der Waals surface area contributed by atoms with Gasteiger partial charge in [0.25, 0.3) is 0 Å². The second-order valence-corrected chi connectivity index (χ2v) is 10.7. The van der Waals surface area contributed by atoms with Crippen molar-refractivity contribution in [2.24, 2.45) is 33.7 Å². The van der Waals surface area contributed by atoms with Crippen LogP contribution in [-0.4, -0.2) is 25.0 Å². The number of allylic oxidation sites excluding steroid dienone is 4. The Bertz CT molecular complexity index is 740. The van der Waals surface area contributed by atoms with Crippen LogP contribution in [0.2, 0.25) is 0 Å². The summed E-state index contributed by atoms with van der Waals surface area (Å²) in [5.41, 5.74) is 3.48. The first-order valence-corrected chi connectivity index (χ1v) is 12.9. The standard InChI is InChI=1S/C29H49N3O/c1-21(2)9-13-25(7)32-29(31-20-30-8)24(6)12-11-23(5)27-16-14-26(19-27)15-18-28(33)17-10-22(3)4/h11-12,20-22,26-27H,7,9-10,13-19H2,1-6,8H3,(H,30,31,32)/b23-11+,24-12+. The molecule has 0 spiro atoms. The Labute approximate surface area is 203 Å². The fourth-order valence-electron chi connectivity index (χ4n) is 4.20. The lowest BCUT2D eigenvalue weighted by atomic mass is 9.93. The monoisotopic (exact) mass is 455 g/mol. The summed E-state index contributed by atoms with van der Waals surface area (Å²) in [5, 5.41) is 3.39.